The molecule has 0 spiro atoms. The molecule has 0 aromatic heterocycles. The molecule has 2 rings (SSSR count). The van der Waals surface area contributed by atoms with Crippen molar-refractivity contribution in [1.82, 2.24) is 5.09 Å². The lowest BCUT2D eigenvalue weighted by Gasteiger charge is -2.25. The van der Waals surface area contributed by atoms with Crippen molar-refractivity contribution in [2.24, 2.45) is 4.74 Å². The molecule has 1 heterocycles. The fraction of sp³-hybridized carbons (Fsp3) is 0.400. The molecule has 0 saturated heterocycles. The average molecular weight is 295 g/mol. The highest BCUT2D eigenvalue weighted by Gasteiger charge is 2.22. The van der Waals surface area contributed by atoms with E-state index in [1.165, 1.54) is 10.9 Å². The zero-order chi connectivity index (χ0) is 11.6. The van der Waals surface area contributed by atoms with Crippen LogP contribution in [0, 0.1) is 0 Å². The highest BCUT2D eigenvalue weighted by Crippen LogP contribution is 2.58. The Hall–Kier alpha value is 0.420. The van der Waals surface area contributed by atoms with E-state index in [9.17, 15) is 0 Å². The van der Waals surface area contributed by atoms with Gasteiger partial charge < -0.3 is 0 Å². The van der Waals surface area contributed by atoms with Gasteiger partial charge in [0.2, 0.25) is 5.91 Å². The highest BCUT2D eigenvalue weighted by molar-refractivity contribution is 8.08. The van der Waals surface area contributed by atoms with E-state index in [4.69, 9.17) is 22.5 Å². The van der Waals surface area contributed by atoms with Crippen LogP contribution in [0.5, 0.6) is 0 Å². The average Bonchev–Trinajstić information content (AvgIpc) is 2.20. The molecular weight excluding hydrogens is 281 g/mol. The Bertz CT molecular complexity index is 413. The van der Waals surface area contributed by atoms with Crippen molar-refractivity contribution < 1.29 is 0 Å². The van der Waals surface area contributed by atoms with Crippen LogP contribution >= 0.6 is 37.6 Å². The molecule has 0 fully saturated rings. The van der Waals surface area contributed by atoms with Crippen molar-refractivity contribution in [2.75, 3.05) is 6.54 Å². The fourth-order valence-electron chi connectivity index (χ4n) is 1.75. The van der Waals surface area contributed by atoms with Gasteiger partial charge in [-0.05, 0) is 46.2 Å². The number of halogens is 2. The second-order valence-electron chi connectivity index (χ2n) is 3.91. The van der Waals surface area contributed by atoms with E-state index in [1.807, 2.05) is 0 Å². The third-order valence-electron chi connectivity index (χ3n) is 2.55. The van der Waals surface area contributed by atoms with Crippen LogP contribution in [0.1, 0.15) is 12.0 Å². The standard InChI is InChI=1S/C10H14Cl2N2P2/c11-16(12)13-6-5-9(14-16)7-8-1-3-10(15)4-2-8/h1-4,9,14H,5-7,15H2. The summed E-state index contributed by atoms with van der Waals surface area (Å²) in [7, 11) is 2.68. The first kappa shape index (κ1) is 12.9. The van der Waals surface area contributed by atoms with E-state index in [2.05, 4.69) is 43.3 Å². The smallest absolute Gasteiger partial charge is 0.203 e. The summed E-state index contributed by atoms with van der Waals surface area (Å²) in [4.78, 5) is 0. The zero-order valence-electron chi connectivity index (χ0n) is 8.74. The quantitative estimate of drug-likeness (QED) is 0.830. The number of hydrogen-bond acceptors (Lipinski definition) is 2. The van der Waals surface area contributed by atoms with Crippen molar-refractivity contribution in [1.29, 1.82) is 0 Å². The van der Waals surface area contributed by atoms with Gasteiger partial charge in [0.15, 0.2) is 0 Å². The molecule has 16 heavy (non-hydrogen) atoms. The summed E-state index contributed by atoms with van der Waals surface area (Å²) >= 11 is 12.1. The maximum absolute atomic E-state index is 6.05. The molecule has 0 saturated carbocycles. The number of hydrogen-bond donors (Lipinski definition) is 1. The van der Waals surface area contributed by atoms with Gasteiger partial charge in [-0.1, -0.05) is 24.3 Å². The number of rotatable bonds is 2. The van der Waals surface area contributed by atoms with Crippen molar-refractivity contribution in [3.8, 4) is 0 Å². The molecule has 1 N–H and O–H groups in total. The Morgan fingerprint density at radius 1 is 1.38 bits per heavy atom. The van der Waals surface area contributed by atoms with Crippen LogP contribution in [0.15, 0.2) is 29.0 Å². The van der Waals surface area contributed by atoms with Crippen LogP contribution in [-0.2, 0) is 6.42 Å². The van der Waals surface area contributed by atoms with Gasteiger partial charge >= 0.3 is 0 Å². The van der Waals surface area contributed by atoms with Crippen molar-refractivity contribution >= 4 is 42.9 Å². The van der Waals surface area contributed by atoms with Crippen LogP contribution in [0.3, 0.4) is 0 Å². The molecule has 88 valence electrons. The molecule has 0 radical (unpaired) electrons. The predicted molar refractivity (Wildman–Crippen MR) is 77.0 cm³/mol. The van der Waals surface area contributed by atoms with Gasteiger partial charge in [-0.25, -0.2) is 0 Å². The minimum Gasteiger partial charge on any atom is -0.261 e. The lowest BCUT2D eigenvalue weighted by Crippen LogP contribution is -2.30. The van der Waals surface area contributed by atoms with Gasteiger partial charge in [0, 0.05) is 12.6 Å². The fourth-order valence-corrected chi connectivity index (χ4v) is 4.33. The molecule has 0 aliphatic carbocycles. The normalized spacial score (nSPS) is 23.8. The van der Waals surface area contributed by atoms with Gasteiger partial charge in [-0.15, -0.1) is 9.24 Å². The summed E-state index contributed by atoms with van der Waals surface area (Å²) in [6.07, 6.45) is 1.96. The molecule has 2 atom stereocenters. The molecule has 1 aromatic carbocycles. The Kier molecular flexibility index (Phi) is 4.32. The Labute approximate surface area is 108 Å². The minimum atomic E-state index is -2.22. The molecule has 2 unspecified atom stereocenters. The summed E-state index contributed by atoms with van der Waals surface area (Å²) in [5.74, 6) is -2.22. The van der Waals surface area contributed by atoms with E-state index in [0.29, 0.717) is 6.04 Å². The van der Waals surface area contributed by atoms with E-state index < -0.39 is 5.91 Å². The lowest BCUT2D eigenvalue weighted by atomic mass is 10.0. The van der Waals surface area contributed by atoms with Crippen LogP contribution in [0.2, 0.25) is 0 Å². The summed E-state index contributed by atoms with van der Waals surface area (Å²) < 4.78 is 4.20. The number of benzene rings is 1. The molecular formula is C10H14Cl2N2P2. The molecule has 0 bridgehead atoms. The van der Waals surface area contributed by atoms with Crippen molar-refractivity contribution in [3.63, 3.8) is 0 Å². The van der Waals surface area contributed by atoms with Crippen molar-refractivity contribution in [3.05, 3.63) is 29.8 Å². The summed E-state index contributed by atoms with van der Waals surface area (Å²) in [6, 6.07) is 8.81. The van der Waals surface area contributed by atoms with E-state index in [0.717, 1.165) is 19.4 Å². The SMILES string of the molecule is Pc1ccc(CC2CCN=P(Cl)(Cl)N2)cc1. The molecule has 1 aliphatic rings. The monoisotopic (exact) mass is 294 g/mol. The summed E-state index contributed by atoms with van der Waals surface area (Å²) in [6.45, 7) is 0.764. The van der Waals surface area contributed by atoms with Gasteiger partial charge in [0.25, 0.3) is 0 Å². The predicted octanol–water partition coefficient (Wildman–Crippen LogP) is 3.52. The number of nitrogens with zero attached hydrogens (tertiary/aromatic N) is 1. The third kappa shape index (κ3) is 3.72. The maximum atomic E-state index is 6.05. The molecule has 0 amide bonds. The Morgan fingerprint density at radius 2 is 2.06 bits per heavy atom. The largest absolute Gasteiger partial charge is 0.261 e. The van der Waals surface area contributed by atoms with Gasteiger partial charge in [-0.2, -0.15) is 0 Å². The second kappa shape index (κ2) is 5.38. The lowest BCUT2D eigenvalue weighted by molar-refractivity contribution is 0.567. The molecule has 1 aliphatic heterocycles. The van der Waals surface area contributed by atoms with E-state index >= 15 is 0 Å². The van der Waals surface area contributed by atoms with Crippen LogP contribution in [0.4, 0.5) is 0 Å². The first-order valence-electron chi connectivity index (χ1n) is 5.15. The van der Waals surface area contributed by atoms with Gasteiger partial charge in [0.05, 0.1) is 0 Å². The Balaban J connectivity index is 2.01. The van der Waals surface area contributed by atoms with Crippen LogP contribution in [0.25, 0.3) is 0 Å². The van der Waals surface area contributed by atoms with Crippen LogP contribution < -0.4 is 10.4 Å². The number of nitrogens with one attached hydrogen (secondary N) is 1. The first-order chi connectivity index (χ1) is 7.55. The molecule has 6 heteroatoms. The van der Waals surface area contributed by atoms with Gasteiger partial charge in [-0.3, -0.25) is 9.83 Å². The van der Waals surface area contributed by atoms with Crippen molar-refractivity contribution in [2.45, 2.75) is 18.9 Å². The maximum Gasteiger partial charge on any atom is 0.203 e. The summed E-state index contributed by atoms with van der Waals surface area (Å²) in [5, 5.41) is 4.43. The highest BCUT2D eigenvalue weighted by atomic mass is 35.9. The second-order valence-corrected chi connectivity index (χ2v) is 9.54. The van der Waals surface area contributed by atoms with Gasteiger partial charge in [0.1, 0.15) is 0 Å². The van der Waals surface area contributed by atoms with Crippen LogP contribution in [-0.4, -0.2) is 12.6 Å². The van der Waals surface area contributed by atoms with E-state index in [-0.39, 0.29) is 0 Å². The Morgan fingerprint density at radius 3 is 2.69 bits per heavy atom. The molecule has 2 nitrogen and oxygen atoms in total. The zero-order valence-corrected chi connectivity index (χ0v) is 12.3. The minimum absolute atomic E-state index is 0.344. The summed E-state index contributed by atoms with van der Waals surface area (Å²) in [5.41, 5.74) is 1.30. The first-order valence-corrected chi connectivity index (χ1v) is 9.28. The van der Waals surface area contributed by atoms with E-state index in [1.54, 1.807) is 0 Å². The third-order valence-corrected chi connectivity index (χ3v) is 5.40. The topological polar surface area (TPSA) is 24.4 Å². The molecule has 1 aromatic rings.